The largest absolute Gasteiger partial charge is 0.471 e. The zero-order chi connectivity index (χ0) is 14.4. The Morgan fingerprint density at radius 3 is 2.63 bits per heavy atom. The fraction of sp³-hybridized carbons (Fsp3) is 0.333. The number of halogens is 4. The first-order chi connectivity index (χ1) is 8.63. The number of amides is 1. The van der Waals surface area contributed by atoms with Crippen LogP contribution in [0.4, 0.5) is 13.2 Å². The summed E-state index contributed by atoms with van der Waals surface area (Å²) < 4.78 is 37.6. The summed E-state index contributed by atoms with van der Waals surface area (Å²) >= 11 is 3.20. The predicted octanol–water partition coefficient (Wildman–Crippen LogP) is 2.93. The van der Waals surface area contributed by atoms with Gasteiger partial charge in [-0.25, -0.2) is 0 Å². The van der Waals surface area contributed by atoms with Crippen molar-refractivity contribution in [2.75, 3.05) is 0 Å². The summed E-state index contributed by atoms with van der Waals surface area (Å²) in [4.78, 5) is 22.8. The van der Waals surface area contributed by atoms with Gasteiger partial charge in [-0.1, -0.05) is 15.9 Å². The lowest BCUT2D eigenvalue weighted by Crippen LogP contribution is -2.48. The van der Waals surface area contributed by atoms with Crippen molar-refractivity contribution in [3.8, 4) is 0 Å². The van der Waals surface area contributed by atoms with Crippen LogP contribution in [0.15, 0.2) is 22.7 Å². The van der Waals surface area contributed by atoms with Crippen molar-refractivity contribution in [1.29, 1.82) is 0 Å². The molecule has 0 aromatic heterocycles. The number of hydrogen-bond acceptors (Lipinski definition) is 2. The van der Waals surface area contributed by atoms with E-state index in [1.807, 2.05) is 5.32 Å². The van der Waals surface area contributed by atoms with E-state index >= 15 is 0 Å². The van der Waals surface area contributed by atoms with Crippen LogP contribution in [0.25, 0.3) is 0 Å². The predicted molar refractivity (Wildman–Crippen MR) is 64.6 cm³/mol. The molecule has 1 aliphatic rings. The van der Waals surface area contributed by atoms with Gasteiger partial charge in [0.05, 0.1) is 5.54 Å². The number of Topliss-reactive ketones (excluding diaryl/α,β-unsaturated/α-hetero) is 1. The normalized spacial score (nSPS) is 22.3. The van der Waals surface area contributed by atoms with Crippen LogP contribution in [0.5, 0.6) is 0 Å². The van der Waals surface area contributed by atoms with E-state index in [1.165, 1.54) is 13.0 Å². The van der Waals surface area contributed by atoms with Gasteiger partial charge < -0.3 is 5.32 Å². The molecule has 2 rings (SSSR count). The number of hydrogen-bond donors (Lipinski definition) is 1. The van der Waals surface area contributed by atoms with Crippen LogP contribution in [0.2, 0.25) is 0 Å². The number of nitrogens with one attached hydrogen (secondary N) is 1. The van der Waals surface area contributed by atoms with E-state index in [1.54, 1.807) is 12.1 Å². The molecule has 1 N–H and O–H groups in total. The van der Waals surface area contributed by atoms with Gasteiger partial charge in [0.15, 0.2) is 5.78 Å². The van der Waals surface area contributed by atoms with Crippen LogP contribution < -0.4 is 5.32 Å². The lowest BCUT2D eigenvalue weighted by molar-refractivity contribution is -0.175. The molecule has 3 nitrogen and oxygen atoms in total. The third kappa shape index (κ3) is 2.51. The Morgan fingerprint density at radius 1 is 1.42 bits per heavy atom. The zero-order valence-electron chi connectivity index (χ0n) is 9.77. The number of rotatable bonds is 1. The highest BCUT2D eigenvalue weighted by molar-refractivity contribution is 9.10. The van der Waals surface area contributed by atoms with Crippen LogP contribution in [-0.2, 0) is 10.3 Å². The fourth-order valence-electron chi connectivity index (χ4n) is 2.16. The van der Waals surface area contributed by atoms with Crippen molar-refractivity contribution in [3.05, 3.63) is 33.8 Å². The molecule has 1 aliphatic carbocycles. The number of alkyl halides is 3. The van der Waals surface area contributed by atoms with Gasteiger partial charge >= 0.3 is 12.1 Å². The summed E-state index contributed by atoms with van der Waals surface area (Å²) in [5.41, 5.74) is -0.597. The van der Waals surface area contributed by atoms with Gasteiger partial charge in [-0.2, -0.15) is 13.2 Å². The molecule has 102 valence electrons. The maximum Gasteiger partial charge on any atom is 0.471 e. The van der Waals surface area contributed by atoms with E-state index < -0.39 is 17.6 Å². The quantitative estimate of drug-likeness (QED) is 0.857. The summed E-state index contributed by atoms with van der Waals surface area (Å²) in [5, 5.41) is 1.90. The monoisotopic (exact) mass is 335 g/mol. The van der Waals surface area contributed by atoms with Gasteiger partial charge in [0.2, 0.25) is 0 Å². The Hall–Kier alpha value is -1.37. The number of carbonyl (C=O) groups is 2. The van der Waals surface area contributed by atoms with E-state index in [2.05, 4.69) is 15.9 Å². The minimum Gasteiger partial charge on any atom is -0.339 e. The van der Waals surface area contributed by atoms with Gasteiger partial charge in [-0.15, -0.1) is 0 Å². The molecular formula is C12H9BrF3NO2. The smallest absolute Gasteiger partial charge is 0.339 e. The Morgan fingerprint density at radius 2 is 2.05 bits per heavy atom. The topological polar surface area (TPSA) is 46.2 Å². The second-order valence-corrected chi connectivity index (χ2v) is 5.49. The van der Waals surface area contributed by atoms with E-state index in [9.17, 15) is 22.8 Å². The third-order valence-corrected chi connectivity index (χ3v) is 3.53. The maximum absolute atomic E-state index is 12.3. The molecule has 1 atom stereocenters. The van der Waals surface area contributed by atoms with Gasteiger partial charge in [0, 0.05) is 16.5 Å². The molecule has 0 aliphatic heterocycles. The van der Waals surface area contributed by atoms with Crippen molar-refractivity contribution in [2.24, 2.45) is 0 Å². The first-order valence-electron chi connectivity index (χ1n) is 5.36. The van der Waals surface area contributed by atoms with Crippen molar-refractivity contribution < 1.29 is 22.8 Å². The number of ketones is 1. The Balaban J connectivity index is 2.40. The van der Waals surface area contributed by atoms with Crippen LogP contribution in [0.3, 0.4) is 0 Å². The highest BCUT2D eigenvalue weighted by Crippen LogP contribution is 2.38. The van der Waals surface area contributed by atoms with Gasteiger partial charge in [-0.3, -0.25) is 9.59 Å². The van der Waals surface area contributed by atoms with Crippen molar-refractivity contribution in [3.63, 3.8) is 0 Å². The standard InChI is InChI=1S/C12H9BrF3NO2/c1-11(17-10(19)12(14,15)16)5-9(18)7-3-2-6(13)4-8(7)11/h2-4H,5H2,1H3,(H,17,19). The molecule has 19 heavy (non-hydrogen) atoms. The zero-order valence-corrected chi connectivity index (χ0v) is 11.4. The minimum absolute atomic E-state index is 0.180. The van der Waals surface area contributed by atoms with E-state index in [0.29, 0.717) is 15.6 Å². The molecule has 0 spiro atoms. The Kier molecular flexibility index (Phi) is 3.20. The second kappa shape index (κ2) is 4.33. The lowest BCUT2D eigenvalue weighted by atomic mass is 9.94. The van der Waals surface area contributed by atoms with E-state index in [4.69, 9.17) is 0 Å². The van der Waals surface area contributed by atoms with E-state index in [-0.39, 0.29) is 12.2 Å². The van der Waals surface area contributed by atoms with Crippen LogP contribution in [0, 0.1) is 0 Å². The summed E-state index contributed by atoms with van der Waals surface area (Å²) in [6.07, 6.45) is -5.15. The molecule has 7 heteroatoms. The molecule has 1 unspecified atom stereocenters. The highest BCUT2D eigenvalue weighted by atomic mass is 79.9. The maximum atomic E-state index is 12.3. The van der Waals surface area contributed by atoms with Gasteiger partial charge in [0.25, 0.3) is 0 Å². The van der Waals surface area contributed by atoms with E-state index in [0.717, 1.165) is 0 Å². The molecule has 0 saturated heterocycles. The van der Waals surface area contributed by atoms with Crippen LogP contribution in [-0.4, -0.2) is 17.9 Å². The first-order valence-corrected chi connectivity index (χ1v) is 6.15. The van der Waals surface area contributed by atoms with Crippen molar-refractivity contribution >= 4 is 27.6 Å². The summed E-state index contributed by atoms with van der Waals surface area (Å²) in [5.74, 6) is -2.33. The number of fused-ring (bicyclic) bond motifs is 1. The molecule has 0 heterocycles. The van der Waals surface area contributed by atoms with Gasteiger partial charge in [0.1, 0.15) is 0 Å². The average Bonchev–Trinajstić information content (AvgIpc) is 2.49. The third-order valence-electron chi connectivity index (χ3n) is 3.04. The van der Waals surface area contributed by atoms with Crippen molar-refractivity contribution in [2.45, 2.75) is 25.1 Å². The number of carbonyl (C=O) groups excluding carboxylic acids is 2. The van der Waals surface area contributed by atoms with Crippen LogP contribution in [0.1, 0.15) is 29.3 Å². The molecule has 1 aromatic rings. The average molecular weight is 336 g/mol. The first kappa shape index (κ1) is 14.0. The molecule has 0 saturated carbocycles. The van der Waals surface area contributed by atoms with Crippen molar-refractivity contribution in [1.82, 2.24) is 5.32 Å². The molecule has 1 amide bonds. The Labute approximate surface area is 115 Å². The molecule has 0 fully saturated rings. The summed E-state index contributed by atoms with van der Waals surface area (Å²) in [6.45, 7) is 1.41. The molecule has 0 radical (unpaired) electrons. The molecular weight excluding hydrogens is 327 g/mol. The molecule has 1 aromatic carbocycles. The van der Waals surface area contributed by atoms with Gasteiger partial charge in [-0.05, 0) is 30.7 Å². The second-order valence-electron chi connectivity index (χ2n) is 4.57. The van der Waals surface area contributed by atoms with Crippen LogP contribution >= 0.6 is 15.9 Å². The summed E-state index contributed by atoms with van der Waals surface area (Å²) in [6, 6.07) is 4.72. The molecule has 0 bridgehead atoms. The fourth-order valence-corrected chi connectivity index (χ4v) is 2.52. The lowest BCUT2D eigenvalue weighted by Gasteiger charge is -2.26. The minimum atomic E-state index is -4.97. The highest BCUT2D eigenvalue weighted by Gasteiger charge is 2.47. The summed E-state index contributed by atoms with van der Waals surface area (Å²) in [7, 11) is 0. The SMILES string of the molecule is CC1(NC(=O)C(F)(F)F)CC(=O)c2ccc(Br)cc21. The Bertz CT molecular complexity index is 571. The number of benzene rings is 1.